The Morgan fingerprint density at radius 3 is 2.56 bits per heavy atom. The van der Waals surface area contributed by atoms with E-state index < -0.39 is 0 Å². The molecule has 0 amide bonds. The monoisotopic (exact) mass is 223 g/mol. The normalized spacial score (nSPS) is 12.7. The van der Waals surface area contributed by atoms with Gasteiger partial charge in [-0.25, -0.2) is 0 Å². The largest absolute Gasteiger partial charge is 0.382 e. The maximum atomic E-state index is 5.70. The Morgan fingerprint density at radius 1 is 1.25 bits per heavy atom. The van der Waals surface area contributed by atoms with Crippen molar-refractivity contribution < 1.29 is 9.47 Å². The van der Waals surface area contributed by atoms with Gasteiger partial charge in [0.15, 0.2) is 0 Å². The zero-order valence-electron chi connectivity index (χ0n) is 10.3. The first-order valence-electron chi connectivity index (χ1n) is 5.59. The molecule has 0 bridgehead atoms. The molecule has 0 saturated carbocycles. The molecule has 1 aromatic carbocycles. The van der Waals surface area contributed by atoms with E-state index in [4.69, 9.17) is 9.47 Å². The van der Waals surface area contributed by atoms with E-state index in [0.717, 1.165) is 6.54 Å². The smallest absolute Gasteiger partial charge is 0.0784 e. The van der Waals surface area contributed by atoms with E-state index in [1.807, 2.05) is 20.0 Å². The van der Waals surface area contributed by atoms with Crippen LogP contribution in [-0.2, 0) is 22.6 Å². The van der Waals surface area contributed by atoms with Gasteiger partial charge in [-0.3, -0.25) is 0 Å². The summed E-state index contributed by atoms with van der Waals surface area (Å²) in [4.78, 5) is 0. The van der Waals surface area contributed by atoms with Crippen LogP contribution >= 0.6 is 0 Å². The van der Waals surface area contributed by atoms with Crippen molar-refractivity contribution in [2.75, 3.05) is 20.8 Å². The van der Waals surface area contributed by atoms with Gasteiger partial charge < -0.3 is 14.8 Å². The van der Waals surface area contributed by atoms with E-state index in [0.29, 0.717) is 13.2 Å². The van der Waals surface area contributed by atoms with Crippen molar-refractivity contribution in [1.29, 1.82) is 0 Å². The number of ether oxygens (including phenoxy) is 2. The fourth-order valence-corrected chi connectivity index (χ4v) is 1.58. The first-order chi connectivity index (χ1) is 7.77. The highest BCUT2D eigenvalue weighted by molar-refractivity contribution is 5.26. The van der Waals surface area contributed by atoms with Crippen LogP contribution in [0.4, 0.5) is 0 Å². The Balaban J connectivity index is 2.52. The van der Waals surface area contributed by atoms with Gasteiger partial charge in [0.1, 0.15) is 0 Å². The SMILES string of the molecule is CNCc1ccccc1COC(C)COC. The Morgan fingerprint density at radius 2 is 1.94 bits per heavy atom. The van der Waals surface area contributed by atoms with Crippen molar-refractivity contribution in [1.82, 2.24) is 5.32 Å². The minimum absolute atomic E-state index is 0.132. The van der Waals surface area contributed by atoms with Gasteiger partial charge in [0.05, 0.1) is 19.3 Å². The molecule has 0 heterocycles. The molecule has 90 valence electrons. The van der Waals surface area contributed by atoms with Crippen LogP contribution in [0.15, 0.2) is 24.3 Å². The lowest BCUT2D eigenvalue weighted by molar-refractivity contribution is -0.000386. The number of methoxy groups -OCH3 is 1. The molecule has 0 fully saturated rings. The van der Waals surface area contributed by atoms with E-state index in [-0.39, 0.29) is 6.10 Å². The van der Waals surface area contributed by atoms with Gasteiger partial charge in [0.25, 0.3) is 0 Å². The summed E-state index contributed by atoms with van der Waals surface area (Å²) in [7, 11) is 3.64. The summed E-state index contributed by atoms with van der Waals surface area (Å²) >= 11 is 0. The average molecular weight is 223 g/mol. The van der Waals surface area contributed by atoms with Crippen LogP contribution in [0.1, 0.15) is 18.1 Å². The topological polar surface area (TPSA) is 30.5 Å². The Bertz CT molecular complexity index is 302. The highest BCUT2D eigenvalue weighted by Gasteiger charge is 2.04. The molecule has 1 atom stereocenters. The second-order valence-electron chi connectivity index (χ2n) is 3.88. The van der Waals surface area contributed by atoms with Crippen LogP contribution in [0.2, 0.25) is 0 Å². The molecule has 1 aromatic rings. The van der Waals surface area contributed by atoms with Crippen LogP contribution in [-0.4, -0.2) is 26.9 Å². The van der Waals surface area contributed by atoms with Gasteiger partial charge in [-0.05, 0) is 25.1 Å². The fraction of sp³-hybridized carbons (Fsp3) is 0.538. The van der Waals surface area contributed by atoms with Gasteiger partial charge in [-0.1, -0.05) is 24.3 Å². The van der Waals surface area contributed by atoms with Crippen LogP contribution in [0.5, 0.6) is 0 Å². The summed E-state index contributed by atoms with van der Waals surface area (Å²) in [6, 6.07) is 8.32. The van der Waals surface area contributed by atoms with Crippen LogP contribution < -0.4 is 5.32 Å². The average Bonchev–Trinajstić information content (AvgIpc) is 2.29. The van der Waals surface area contributed by atoms with Crippen molar-refractivity contribution in [2.45, 2.75) is 26.2 Å². The summed E-state index contributed by atoms with van der Waals surface area (Å²) in [5, 5.41) is 3.16. The van der Waals surface area contributed by atoms with Gasteiger partial charge in [-0.2, -0.15) is 0 Å². The van der Waals surface area contributed by atoms with Crippen molar-refractivity contribution >= 4 is 0 Å². The molecule has 1 unspecified atom stereocenters. The summed E-state index contributed by atoms with van der Waals surface area (Å²) in [5.41, 5.74) is 2.52. The maximum Gasteiger partial charge on any atom is 0.0784 e. The standard InChI is InChI=1S/C13H21NO2/c1-11(9-15-3)16-10-13-7-5-4-6-12(13)8-14-2/h4-7,11,14H,8-10H2,1-3H3. The molecule has 0 aromatic heterocycles. The molecular formula is C13H21NO2. The lowest BCUT2D eigenvalue weighted by atomic mass is 10.1. The molecule has 0 aliphatic heterocycles. The molecule has 1 rings (SSSR count). The number of benzene rings is 1. The van der Waals surface area contributed by atoms with Crippen molar-refractivity contribution in [2.24, 2.45) is 0 Å². The summed E-state index contributed by atoms with van der Waals surface area (Å²) < 4.78 is 10.7. The summed E-state index contributed by atoms with van der Waals surface area (Å²) in [5.74, 6) is 0. The minimum Gasteiger partial charge on any atom is -0.382 e. The lowest BCUT2D eigenvalue weighted by Crippen LogP contribution is -2.15. The summed E-state index contributed by atoms with van der Waals surface area (Å²) in [6.07, 6.45) is 0.132. The van der Waals surface area contributed by atoms with Gasteiger partial charge >= 0.3 is 0 Å². The number of rotatable bonds is 7. The quantitative estimate of drug-likeness (QED) is 0.766. The zero-order chi connectivity index (χ0) is 11.8. The Labute approximate surface area is 97.8 Å². The predicted octanol–water partition coefficient (Wildman–Crippen LogP) is 1.96. The molecule has 0 aliphatic carbocycles. The van der Waals surface area contributed by atoms with Gasteiger partial charge in [0.2, 0.25) is 0 Å². The molecule has 0 saturated heterocycles. The van der Waals surface area contributed by atoms with Crippen LogP contribution in [0.3, 0.4) is 0 Å². The van der Waals surface area contributed by atoms with Crippen LogP contribution in [0, 0.1) is 0 Å². The van der Waals surface area contributed by atoms with E-state index in [1.165, 1.54) is 11.1 Å². The van der Waals surface area contributed by atoms with E-state index >= 15 is 0 Å². The molecule has 0 spiro atoms. The lowest BCUT2D eigenvalue weighted by Gasteiger charge is -2.14. The highest BCUT2D eigenvalue weighted by Crippen LogP contribution is 2.11. The third-order valence-electron chi connectivity index (χ3n) is 2.41. The number of nitrogens with one attached hydrogen (secondary N) is 1. The van der Waals surface area contributed by atoms with Crippen LogP contribution in [0.25, 0.3) is 0 Å². The molecule has 3 nitrogen and oxygen atoms in total. The van der Waals surface area contributed by atoms with E-state index in [2.05, 4.69) is 23.5 Å². The third kappa shape index (κ3) is 4.31. The number of hydrogen-bond donors (Lipinski definition) is 1. The highest BCUT2D eigenvalue weighted by atomic mass is 16.5. The van der Waals surface area contributed by atoms with E-state index in [9.17, 15) is 0 Å². The summed E-state index contributed by atoms with van der Waals surface area (Å²) in [6.45, 7) is 4.17. The Kier molecular flexibility index (Phi) is 6.08. The molecule has 1 N–H and O–H groups in total. The van der Waals surface area contributed by atoms with Gasteiger partial charge in [0, 0.05) is 13.7 Å². The second-order valence-corrected chi connectivity index (χ2v) is 3.88. The third-order valence-corrected chi connectivity index (χ3v) is 2.41. The predicted molar refractivity (Wildman–Crippen MR) is 65.3 cm³/mol. The molecule has 16 heavy (non-hydrogen) atoms. The molecule has 0 radical (unpaired) electrons. The zero-order valence-corrected chi connectivity index (χ0v) is 10.3. The van der Waals surface area contributed by atoms with Crippen molar-refractivity contribution in [3.8, 4) is 0 Å². The fourth-order valence-electron chi connectivity index (χ4n) is 1.58. The van der Waals surface area contributed by atoms with Crippen molar-refractivity contribution in [3.05, 3.63) is 35.4 Å². The van der Waals surface area contributed by atoms with Gasteiger partial charge in [-0.15, -0.1) is 0 Å². The maximum absolute atomic E-state index is 5.70. The molecule has 3 heteroatoms. The minimum atomic E-state index is 0.132. The van der Waals surface area contributed by atoms with E-state index in [1.54, 1.807) is 7.11 Å². The first kappa shape index (κ1) is 13.2. The molecule has 0 aliphatic rings. The Hall–Kier alpha value is -0.900. The second kappa shape index (κ2) is 7.39. The molecular weight excluding hydrogens is 202 g/mol. The number of hydrogen-bond acceptors (Lipinski definition) is 3. The van der Waals surface area contributed by atoms with Crippen molar-refractivity contribution in [3.63, 3.8) is 0 Å². The first-order valence-corrected chi connectivity index (χ1v) is 5.59.